The number of halogens is 1. The quantitative estimate of drug-likeness (QED) is 0.765. The zero-order valence-electron chi connectivity index (χ0n) is 10.4. The third-order valence-corrected chi connectivity index (χ3v) is 5.03. The van der Waals surface area contributed by atoms with Gasteiger partial charge in [0.2, 0.25) is 0 Å². The minimum Gasteiger partial charge on any atom is -0.232 e. The lowest BCUT2D eigenvalue weighted by Gasteiger charge is -2.09. The highest BCUT2D eigenvalue weighted by molar-refractivity contribution is 7.98. The molecular formula is C15H13ClN2S. The SMILES string of the molecule is Clc1nc(-c2ccccc2C2CC2)nc2c1CSC2. The maximum Gasteiger partial charge on any atom is 0.161 e. The first-order valence-electron chi connectivity index (χ1n) is 6.55. The van der Waals surface area contributed by atoms with E-state index in [-0.39, 0.29) is 0 Å². The molecule has 1 aromatic heterocycles. The van der Waals surface area contributed by atoms with E-state index in [4.69, 9.17) is 16.6 Å². The molecule has 0 radical (unpaired) electrons. The second-order valence-corrected chi connectivity index (χ2v) is 6.46. The number of rotatable bonds is 2. The zero-order chi connectivity index (χ0) is 12.8. The molecule has 1 aliphatic heterocycles. The van der Waals surface area contributed by atoms with E-state index < -0.39 is 0 Å². The van der Waals surface area contributed by atoms with E-state index in [2.05, 4.69) is 29.2 Å². The summed E-state index contributed by atoms with van der Waals surface area (Å²) in [6.07, 6.45) is 2.57. The summed E-state index contributed by atoms with van der Waals surface area (Å²) in [6, 6.07) is 8.47. The van der Waals surface area contributed by atoms with Crippen LogP contribution < -0.4 is 0 Å². The van der Waals surface area contributed by atoms with Gasteiger partial charge in [0.1, 0.15) is 5.15 Å². The van der Waals surface area contributed by atoms with Gasteiger partial charge in [-0.05, 0) is 24.3 Å². The average molecular weight is 289 g/mol. The highest BCUT2D eigenvalue weighted by atomic mass is 35.5. The van der Waals surface area contributed by atoms with E-state index >= 15 is 0 Å². The molecule has 2 nitrogen and oxygen atoms in total. The van der Waals surface area contributed by atoms with Crippen molar-refractivity contribution in [3.8, 4) is 11.4 Å². The standard InChI is InChI=1S/C15H13ClN2S/c16-14-12-7-19-8-13(12)17-15(18-14)11-4-2-1-3-10(11)9-5-6-9/h1-4,9H,5-8H2. The molecule has 4 rings (SSSR count). The Labute approximate surface area is 121 Å². The first kappa shape index (κ1) is 11.7. The summed E-state index contributed by atoms with van der Waals surface area (Å²) >= 11 is 8.16. The van der Waals surface area contributed by atoms with Crippen molar-refractivity contribution in [2.24, 2.45) is 0 Å². The molecule has 1 fully saturated rings. The Morgan fingerprint density at radius 1 is 1.11 bits per heavy atom. The van der Waals surface area contributed by atoms with Crippen molar-refractivity contribution in [2.75, 3.05) is 0 Å². The van der Waals surface area contributed by atoms with Gasteiger partial charge in [0.15, 0.2) is 5.82 Å². The number of hydrogen-bond acceptors (Lipinski definition) is 3. The van der Waals surface area contributed by atoms with E-state index in [9.17, 15) is 0 Å². The minimum atomic E-state index is 0.635. The van der Waals surface area contributed by atoms with Crippen LogP contribution in [0.1, 0.15) is 35.6 Å². The molecule has 2 aromatic rings. The first-order valence-corrected chi connectivity index (χ1v) is 8.08. The van der Waals surface area contributed by atoms with Gasteiger partial charge in [-0.25, -0.2) is 9.97 Å². The predicted octanol–water partition coefficient (Wildman–Crippen LogP) is 4.42. The molecule has 96 valence electrons. The van der Waals surface area contributed by atoms with E-state index in [0.29, 0.717) is 11.1 Å². The molecule has 2 aliphatic rings. The van der Waals surface area contributed by atoms with Gasteiger partial charge in [-0.3, -0.25) is 0 Å². The number of fused-ring (bicyclic) bond motifs is 1. The van der Waals surface area contributed by atoms with E-state index in [0.717, 1.165) is 34.2 Å². The van der Waals surface area contributed by atoms with E-state index in [1.807, 2.05) is 11.8 Å². The average Bonchev–Trinajstić information content (AvgIpc) is 3.17. The molecule has 1 aromatic carbocycles. The highest BCUT2D eigenvalue weighted by Gasteiger charge is 2.27. The summed E-state index contributed by atoms with van der Waals surface area (Å²) in [4.78, 5) is 9.27. The molecule has 19 heavy (non-hydrogen) atoms. The summed E-state index contributed by atoms with van der Waals surface area (Å²) in [7, 11) is 0. The minimum absolute atomic E-state index is 0.635. The van der Waals surface area contributed by atoms with Gasteiger partial charge in [-0.15, -0.1) is 0 Å². The zero-order valence-corrected chi connectivity index (χ0v) is 12.0. The smallest absolute Gasteiger partial charge is 0.161 e. The molecule has 0 atom stereocenters. The Morgan fingerprint density at radius 3 is 2.79 bits per heavy atom. The van der Waals surface area contributed by atoms with Crippen LogP contribution >= 0.6 is 23.4 Å². The summed E-state index contributed by atoms with van der Waals surface area (Å²) in [5, 5.41) is 0.635. The predicted molar refractivity (Wildman–Crippen MR) is 79.5 cm³/mol. The van der Waals surface area contributed by atoms with E-state index in [1.165, 1.54) is 18.4 Å². The van der Waals surface area contributed by atoms with Crippen LogP contribution in [0.15, 0.2) is 24.3 Å². The molecule has 0 unspecified atom stereocenters. The van der Waals surface area contributed by atoms with Gasteiger partial charge >= 0.3 is 0 Å². The number of thioether (sulfide) groups is 1. The highest BCUT2D eigenvalue weighted by Crippen LogP contribution is 2.44. The summed E-state index contributed by atoms with van der Waals surface area (Å²) in [6.45, 7) is 0. The fourth-order valence-corrected chi connectivity index (χ4v) is 3.96. The molecule has 0 N–H and O–H groups in total. The second kappa shape index (κ2) is 4.50. The third-order valence-electron chi connectivity index (χ3n) is 3.75. The maximum atomic E-state index is 6.31. The van der Waals surface area contributed by atoms with Crippen molar-refractivity contribution >= 4 is 23.4 Å². The number of aromatic nitrogens is 2. The topological polar surface area (TPSA) is 25.8 Å². The largest absolute Gasteiger partial charge is 0.232 e. The Morgan fingerprint density at radius 2 is 1.95 bits per heavy atom. The van der Waals surface area contributed by atoms with Gasteiger partial charge < -0.3 is 0 Å². The molecule has 1 aliphatic carbocycles. The van der Waals surface area contributed by atoms with Crippen LogP contribution in [-0.4, -0.2) is 9.97 Å². The lowest BCUT2D eigenvalue weighted by molar-refractivity contribution is 1.05. The van der Waals surface area contributed by atoms with Crippen LogP contribution in [0.2, 0.25) is 5.15 Å². The molecule has 0 bridgehead atoms. The molecule has 0 saturated heterocycles. The maximum absolute atomic E-state index is 6.31. The third kappa shape index (κ3) is 2.05. The fourth-order valence-electron chi connectivity index (χ4n) is 2.58. The molecule has 2 heterocycles. The lowest BCUT2D eigenvalue weighted by atomic mass is 10.0. The van der Waals surface area contributed by atoms with Crippen LogP contribution in [0.4, 0.5) is 0 Å². The van der Waals surface area contributed by atoms with Crippen molar-refractivity contribution in [1.82, 2.24) is 9.97 Å². The lowest BCUT2D eigenvalue weighted by Crippen LogP contribution is -1.99. The summed E-state index contributed by atoms with van der Waals surface area (Å²) in [5.74, 6) is 3.39. The number of nitrogens with zero attached hydrogens (tertiary/aromatic N) is 2. The summed E-state index contributed by atoms with van der Waals surface area (Å²) in [5.41, 5.74) is 4.78. The normalized spacial score (nSPS) is 17.5. The monoisotopic (exact) mass is 288 g/mol. The van der Waals surface area contributed by atoms with Crippen molar-refractivity contribution in [2.45, 2.75) is 30.3 Å². The van der Waals surface area contributed by atoms with Gasteiger partial charge in [-0.2, -0.15) is 11.8 Å². The first-order chi connectivity index (χ1) is 9.33. The second-order valence-electron chi connectivity index (χ2n) is 5.12. The van der Waals surface area contributed by atoms with Crippen LogP contribution in [0, 0.1) is 0 Å². The van der Waals surface area contributed by atoms with E-state index in [1.54, 1.807) is 0 Å². The Bertz CT molecular complexity index is 653. The molecule has 1 saturated carbocycles. The molecule has 0 spiro atoms. The van der Waals surface area contributed by atoms with Gasteiger partial charge in [0, 0.05) is 22.6 Å². The Kier molecular flexibility index (Phi) is 2.78. The van der Waals surface area contributed by atoms with Gasteiger partial charge in [-0.1, -0.05) is 35.9 Å². The number of benzene rings is 1. The van der Waals surface area contributed by atoms with Crippen LogP contribution in [0.5, 0.6) is 0 Å². The van der Waals surface area contributed by atoms with Crippen LogP contribution in [0.25, 0.3) is 11.4 Å². The van der Waals surface area contributed by atoms with Crippen molar-refractivity contribution in [3.05, 3.63) is 46.2 Å². The van der Waals surface area contributed by atoms with Gasteiger partial charge in [0.05, 0.1) is 5.69 Å². The number of hydrogen-bond donors (Lipinski definition) is 0. The van der Waals surface area contributed by atoms with Crippen LogP contribution in [0.3, 0.4) is 0 Å². The van der Waals surface area contributed by atoms with Crippen LogP contribution in [-0.2, 0) is 11.5 Å². The van der Waals surface area contributed by atoms with Gasteiger partial charge in [0.25, 0.3) is 0 Å². The molecular weight excluding hydrogens is 276 g/mol. The summed E-state index contributed by atoms with van der Waals surface area (Å²) < 4.78 is 0. The van der Waals surface area contributed by atoms with Crippen molar-refractivity contribution in [1.29, 1.82) is 0 Å². The Balaban J connectivity index is 1.87. The fraction of sp³-hybridized carbons (Fsp3) is 0.333. The molecule has 4 heteroatoms. The molecule has 0 amide bonds. The Hall–Kier alpha value is -1.06. The van der Waals surface area contributed by atoms with Crippen molar-refractivity contribution < 1.29 is 0 Å². The van der Waals surface area contributed by atoms with Crippen molar-refractivity contribution in [3.63, 3.8) is 0 Å².